The van der Waals surface area contributed by atoms with Crippen molar-refractivity contribution in [2.45, 2.75) is 31.8 Å². The lowest BCUT2D eigenvalue weighted by Gasteiger charge is -2.16. The normalized spacial score (nSPS) is 10.9. The molecule has 0 atom stereocenters. The van der Waals surface area contributed by atoms with Crippen LogP contribution in [0, 0.1) is 0 Å². The molecule has 0 saturated heterocycles. The highest BCUT2D eigenvalue weighted by molar-refractivity contribution is 7.99. The third-order valence-corrected chi connectivity index (χ3v) is 6.17. The number of benzene rings is 2. The molecular weight excluding hydrogens is 446 g/mol. The number of amides is 1. The van der Waals surface area contributed by atoms with Gasteiger partial charge in [0.15, 0.2) is 16.8 Å². The fourth-order valence-electron chi connectivity index (χ4n) is 3.59. The van der Waals surface area contributed by atoms with Crippen LogP contribution in [0.1, 0.15) is 42.6 Å². The minimum absolute atomic E-state index is 0.0506. The molecule has 0 radical (unpaired) electrons. The summed E-state index contributed by atoms with van der Waals surface area (Å²) in [6.07, 6.45) is 3.47. The Morgan fingerprint density at radius 3 is 2.59 bits per heavy atom. The molecule has 0 aliphatic rings. The number of para-hydroxylation sites is 1. The molecule has 0 fully saturated rings. The number of ketones is 1. The van der Waals surface area contributed by atoms with E-state index in [1.165, 1.54) is 18.7 Å². The largest absolute Gasteiger partial charge is 0.325 e. The van der Waals surface area contributed by atoms with E-state index >= 15 is 0 Å². The van der Waals surface area contributed by atoms with Gasteiger partial charge < -0.3 is 5.32 Å². The van der Waals surface area contributed by atoms with Crippen LogP contribution in [0.15, 0.2) is 78.2 Å². The van der Waals surface area contributed by atoms with E-state index in [4.69, 9.17) is 0 Å². The van der Waals surface area contributed by atoms with Gasteiger partial charge in [-0.25, -0.2) is 0 Å². The van der Waals surface area contributed by atoms with Crippen molar-refractivity contribution >= 4 is 29.1 Å². The highest BCUT2D eigenvalue weighted by atomic mass is 32.2. The number of anilines is 1. The molecule has 172 valence electrons. The minimum Gasteiger partial charge on any atom is -0.325 e. The average molecular weight is 472 g/mol. The summed E-state index contributed by atoms with van der Waals surface area (Å²) in [6.45, 7) is 5.78. The second kappa shape index (κ2) is 10.4. The number of nitrogens with one attached hydrogen (secondary N) is 1. The van der Waals surface area contributed by atoms with Gasteiger partial charge in [0.2, 0.25) is 5.91 Å². The Hall–Kier alpha value is -3.78. The lowest BCUT2D eigenvalue weighted by Crippen LogP contribution is -2.15. The van der Waals surface area contributed by atoms with Crippen molar-refractivity contribution in [1.82, 2.24) is 19.7 Å². The number of aromatic nitrogens is 4. The standard InChI is InChI=1S/C26H25N5O2S/c1-17(2)22-11-4-5-12-23(22)31-25(20-9-7-13-27-15-20)29-30-26(31)34-16-24(33)28-21-10-6-8-19(14-21)18(3)32/h4-15,17H,16H2,1-3H3,(H,28,33). The van der Waals surface area contributed by atoms with Gasteiger partial charge in [-0.1, -0.05) is 55.9 Å². The van der Waals surface area contributed by atoms with Crippen LogP contribution < -0.4 is 5.32 Å². The number of thioether (sulfide) groups is 1. The first kappa shape index (κ1) is 23.4. The van der Waals surface area contributed by atoms with E-state index in [0.717, 1.165) is 16.8 Å². The second-order valence-electron chi connectivity index (χ2n) is 8.07. The number of hydrogen-bond acceptors (Lipinski definition) is 6. The number of Topliss-reactive ketones (excluding diaryl/α,β-unsaturated/α-hetero) is 1. The highest BCUT2D eigenvalue weighted by Crippen LogP contribution is 2.32. The quantitative estimate of drug-likeness (QED) is 0.274. The highest BCUT2D eigenvalue weighted by Gasteiger charge is 2.20. The number of carbonyl (C=O) groups excluding carboxylic acids is 2. The van der Waals surface area contributed by atoms with Gasteiger partial charge in [0, 0.05) is 29.2 Å². The molecule has 2 aromatic heterocycles. The third-order valence-electron chi connectivity index (χ3n) is 5.24. The summed E-state index contributed by atoms with van der Waals surface area (Å²) < 4.78 is 1.99. The monoisotopic (exact) mass is 471 g/mol. The molecule has 8 heteroatoms. The summed E-state index contributed by atoms with van der Waals surface area (Å²) in [5.41, 5.74) is 4.10. The van der Waals surface area contributed by atoms with E-state index in [1.807, 2.05) is 34.9 Å². The van der Waals surface area contributed by atoms with E-state index in [-0.39, 0.29) is 23.4 Å². The van der Waals surface area contributed by atoms with E-state index < -0.39 is 0 Å². The van der Waals surface area contributed by atoms with E-state index in [1.54, 1.807) is 36.7 Å². The van der Waals surface area contributed by atoms with Crippen molar-refractivity contribution in [3.63, 3.8) is 0 Å². The number of pyridine rings is 1. The average Bonchev–Trinajstić information content (AvgIpc) is 3.27. The molecule has 2 aromatic carbocycles. The molecule has 0 aliphatic heterocycles. The Morgan fingerprint density at radius 2 is 1.85 bits per heavy atom. The molecule has 4 rings (SSSR count). The molecule has 0 saturated carbocycles. The SMILES string of the molecule is CC(=O)c1cccc(NC(=O)CSc2nnc(-c3cccnc3)n2-c2ccccc2C(C)C)c1. The zero-order valence-corrected chi connectivity index (χ0v) is 20.0. The van der Waals surface area contributed by atoms with Crippen LogP contribution in [0.2, 0.25) is 0 Å². The Balaban J connectivity index is 1.63. The van der Waals surface area contributed by atoms with Crippen molar-refractivity contribution in [3.05, 3.63) is 84.2 Å². The lowest BCUT2D eigenvalue weighted by molar-refractivity contribution is -0.113. The van der Waals surface area contributed by atoms with Crippen LogP contribution in [0.25, 0.3) is 17.1 Å². The van der Waals surface area contributed by atoms with Gasteiger partial charge in [-0.3, -0.25) is 19.1 Å². The fraction of sp³-hybridized carbons (Fsp3) is 0.192. The maximum Gasteiger partial charge on any atom is 0.234 e. The Morgan fingerprint density at radius 1 is 1.03 bits per heavy atom. The van der Waals surface area contributed by atoms with Gasteiger partial charge in [-0.05, 0) is 48.7 Å². The summed E-state index contributed by atoms with van der Waals surface area (Å²) in [5.74, 6) is 0.846. The van der Waals surface area contributed by atoms with Gasteiger partial charge in [0.25, 0.3) is 0 Å². The molecule has 0 spiro atoms. The van der Waals surface area contributed by atoms with Crippen LogP contribution in [-0.4, -0.2) is 37.2 Å². The fourth-order valence-corrected chi connectivity index (χ4v) is 4.33. The maximum atomic E-state index is 12.7. The first-order chi connectivity index (χ1) is 16.4. The molecule has 7 nitrogen and oxygen atoms in total. The van der Waals surface area contributed by atoms with Crippen LogP contribution in [0.3, 0.4) is 0 Å². The first-order valence-corrected chi connectivity index (χ1v) is 11.9. The van der Waals surface area contributed by atoms with Crippen molar-refractivity contribution in [2.24, 2.45) is 0 Å². The smallest absolute Gasteiger partial charge is 0.234 e. The summed E-state index contributed by atoms with van der Waals surface area (Å²) in [6, 6.07) is 18.8. The Bertz CT molecular complexity index is 1320. The molecule has 34 heavy (non-hydrogen) atoms. The topological polar surface area (TPSA) is 89.8 Å². The van der Waals surface area contributed by atoms with Gasteiger partial charge in [-0.2, -0.15) is 0 Å². The van der Waals surface area contributed by atoms with Gasteiger partial charge in [-0.15, -0.1) is 10.2 Å². The minimum atomic E-state index is -0.194. The number of hydrogen-bond donors (Lipinski definition) is 1. The molecule has 2 heterocycles. The zero-order valence-electron chi connectivity index (χ0n) is 19.2. The van der Waals surface area contributed by atoms with Crippen molar-refractivity contribution < 1.29 is 9.59 Å². The van der Waals surface area contributed by atoms with Crippen LogP contribution in [0.4, 0.5) is 5.69 Å². The zero-order chi connectivity index (χ0) is 24.1. The van der Waals surface area contributed by atoms with Crippen molar-refractivity contribution in [3.8, 4) is 17.1 Å². The number of carbonyl (C=O) groups is 2. The van der Waals surface area contributed by atoms with E-state index in [9.17, 15) is 9.59 Å². The molecule has 0 unspecified atom stereocenters. The summed E-state index contributed by atoms with van der Waals surface area (Å²) in [7, 11) is 0. The van der Waals surface area contributed by atoms with Crippen molar-refractivity contribution in [1.29, 1.82) is 0 Å². The number of nitrogens with zero attached hydrogens (tertiary/aromatic N) is 4. The molecule has 1 amide bonds. The predicted molar refractivity (Wildman–Crippen MR) is 134 cm³/mol. The van der Waals surface area contributed by atoms with Crippen LogP contribution in [0.5, 0.6) is 0 Å². The summed E-state index contributed by atoms with van der Waals surface area (Å²) in [5, 5.41) is 12.3. The van der Waals surface area contributed by atoms with Crippen LogP contribution >= 0.6 is 11.8 Å². The molecular formula is C26H25N5O2S. The first-order valence-electron chi connectivity index (χ1n) is 10.9. The lowest BCUT2D eigenvalue weighted by atomic mass is 10.0. The number of rotatable bonds is 8. The molecule has 1 N–H and O–H groups in total. The molecule has 4 aromatic rings. The molecule has 0 bridgehead atoms. The van der Waals surface area contributed by atoms with E-state index in [0.29, 0.717) is 22.2 Å². The van der Waals surface area contributed by atoms with Gasteiger partial charge in [0.05, 0.1) is 11.4 Å². The van der Waals surface area contributed by atoms with Crippen LogP contribution in [-0.2, 0) is 4.79 Å². The third kappa shape index (κ3) is 5.23. The second-order valence-corrected chi connectivity index (χ2v) is 9.01. The summed E-state index contributed by atoms with van der Waals surface area (Å²) >= 11 is 1.31. The maximum absolute atomic E-state index is 12.7. The van der Waals surface area contributed by atoms with Crippen molar-refractivity contribution in [2.75, 3.05) is 11.1 Å². The van der Waals surface area contributed by atoms with E-state index in [2.05, 4.69) is 40.4 Å². The molecule has 0 aliphatic carbocycles. The Kier molecular flexibility index (Phi) is 7.18. The Labute approximate surface area is 202 Å². The summed E-state index contributed by atoms with van der Waals surface area (Å²) in [4.78, 5) is 28.5. The van der Waals surface area contributed by atoms with Gasteiger partial charge >= 0.3 is 0 Å². The predicted octanol–water partition coefficient (Wildman–Crippen LogP) is 5.39. The van der Waals surface area contributed by atoms with Gasteiger partial charge in [0.1, 0.15) is 0 Å².